The maximum atomic E-state index is 4.50. The predicted octanol–water partition coefficient (Wildman–Crippen LogP) is 11.9. The number of aryl methyl sites for hydroxylation is 2. The van der Waals surface area contributed by atoms with Crippen molar-refractivity contribution in [2.75, 3.05) is 0 Å². The molecule has 4 aromatic rings. The summed E-state index contributed by atoms with van der Waals surface area (Å²) in [5, 5.41) is 12.2. The highest BCUT2D eigenvalue weighted by Gasteiger charge is 2.18. The molecule has 0 unspecified atom stereocenters. The minimum Gasteiger partial charge on any atom is -0.380 e. The highest BCUT2D eigenvalue weighted by atomic mass is 15.0. The van der Waals surface area contributed by atoms with Crippen molar-refractivity contribution >= 4 is 32.9 Å². The third-order valence-electron chi connectivity index (χ3n) is 7.18. The van der Waals surface area contributed by atoms with Crippen LogP contribution in [-0.2, 0) is 12.8 Å². The van der Waals surface area contributed by atoms with Crippen LogP contribution in [0.15, 0.2) is 98.1 Å². The van der Waals surface area contributed by atoms with Crippen molar-refractivity contribution in [1.82, 2.24) is 10.6 Å². The molecule has 0 heterocycles. The van der Waals surface area contributed by atoms with E-state index in [2.05, 4.69) is 145 Å². The maximum Gasteiger partial charge on any atom is 0.0353 e. The molecule has 0 aromatic heterocycles. The highest BCUT2D eigenvalue weighted by molar-refractivity contribution is 5.95. The number of allylic oxidation sites excluding steroid dienone is 1. The third kappa shape index (κ3) is 10.2. The second-order valence-corrected chi connectivity index (χ2v) is 13.1. The van der Waals surface area contributed by atoms with E-state index in [0.29, 0.717) is 0 Å². The molecule has 0 aliphatic rings. The molecule has 44 heavy (non-hydrogen) atoms. The van der Waals surface area contributed by atoms with Gasteiger partial charge in [0.1, 0.15) is 0 Å². The average Bonchev–Trinajstić information content (AvgIpc) is 2.98. The van der Waals surface area contributed by atoms with Crippen LogP contribution in [0.4, 0.5) is 0 Å². The Kier molecular flexibility index (Phi) is 13.5. The fraction of sp³-hybridized carbons (Fsp3) is 0.381. The molecule has 4 aromatic carbocycles. The summed E-state index contributed by atoms with van der Waals surface area (Å²) in [6, 6.07) is 26.2. The van der Waals surface area contributed by atoms with Gasteiger partial charge in [-0.15, -0.1) is 0 Å². The van der Waals surface area contributed by atoms with E-state index in [0.717, 1.165) is 37.1 Å². The Bertz CT molecular complexity index is 1440. The number of fused-ring (bicyclic) bond motifs is 2. The van der Waals surface area contributed by atoms with Gasteiger partial charge < -0.3 is 10.6 Å². The first-order valence-electron chi connectivity index (χ1n) is 16.5. The molecule has 0 radical (unpaired) electrons. The lowest BCUT2D eigenvalue weighted by atomic mass is 9.90. The van der Waals surface area contributed by atoms with Gasteiger partial charge >= 0.3 is 0 Å². The van der Waals surface area contributed by atoms with Crippen LogP contribution in [0.5, 0.6) is 0 Å². The third-order valence-corrected chi connectivity index (χ3v) is 7.18. The van der Waals surface area contributed by atoms with Gasteiger partial charge in [-0.3, -0.25) is 0 Å². The summed E-state index contributed by atoms with van der Waals surface area (Å²) in [5.74, 6) is 0. The molecule has 0 saturated heterocycles. The van der Waals surface area contributed by atoms with Gasteiger partial charge in [0.2, 0.25) is 0 Å². The monoisotopic (exact) mass is 590 g/mol. The number of nitrogens with one attached hydrogen (secondary N) is 2. The van der Waals surface area contributed by atoms with E-state index in [1.807, 2.05) is 27.7 Å². The summed E-state index contributed by atoms with van der Waals surface area (Å²) in [6.45, 7) is 34.5. The molecule has 2 N–H and O–H groups in total. The van der Waals surface area contributed by atoms with Crippen LogP contribution in [0.1, 0.15) is 104 Å². The largest absolute Gasteiger partial charge is 0.380 e. The van der Waals surface area contributed by atoms with Crippen molar-refractivity contribution in [2.24, 2.45) is 0 Å². The van der Waals surface area contributed by atoms with Gasteiger partial charge in [-0.2, -0.15) is 0 Å². The second kappa shape index (κ2) is 16.3. The Labute approximate surface area is 269 Å². The van der Waals surface area contributed by atoms with Crippen molar-refractivity contribution in [3.63, 3.8) is 0 Å². The summed E-state index contributed by atoms with van der Waals surface area (Å²) in [4.78, 5) is 0. The average molecular weight is 591 g/mol. The second-order valence-electron chi connectivity index (χ2n) is 13.1. The maximum absolute atomic E-state index is 4.50. The minimum atomic E-state index is -0.0572. The molecule has 2 nitrogen and oxygen atoms in total. The Morgan fingerprint density at radius 3 is 1.20 bits per heavy atom. The fourth-order valence-corrected chi connectivity index (χ4v) is 5.54. The zero-order valence-corrected chi connectivity index (χ0v) is 29.4. The first-order valence-corrected chi connectivity index (χ1v) is 16.5. The summed E-state index contributed by atoms with van der Waals surface area (Å²) < 4.78 is 0. The molecule has 0 aliphatic heterocycles. The van der Waals surface area contributed by atoms with Crippen LogP contribution in [0.2, 0.25) is 0 Å². The molecule has 0 aliphatic carbocycles. The van der Waals surface area contributed by atoms with Crippen molar-refractivity contribution in [3.8, 4) is 0 Å². The Morgan fingerprint density at radius 1 is 0.523 bits per heavy atom. The van der Waals surface area contributed by atoms with Crippen LogP contribution in [0.3, 0.4) is 0 Å². The molecule has 2 heteroatoms. The zero-order chi connectivity index (χ0) is 33.1. The standard InChI is InChI=1S/C38H46N2.2C2H6/c1-26(18-20-31-24-22-29-14-10-12-16-33(29)35(31)27(2)39-37(4,5)6)19-21-32-25-23-30-15-11-13-17-34(30)36(32)28(3)40-38(7,8)9;2*1-2/h10-17,22-25,39-40H,1-3,18-21H2,4-9H3;2*1-2H3. The summed E-state index contributed by atoms with van der Waals surface area (Å²) in [5.41, 5.74) is 8.19. The molecule has 0 amide bonds. The number of benzene rings is 4. The molecular weight excluding hydrogens is 532 g/mol. The van der Waals surface area contributed by atoms with E-state index in [-0.39, 0.29) is 11.1 Å². The van der Waals surface area contributed by atoms with E-state index >= 15 is 0 Å². The molecule has 0 atom stereocenters. The van der Waals surface area contributed by atoms with Crippen LogP contribution in [-0.4, -0.2) is 11.1 Å². The van der Waals surface area contributed by atoms with Gasteiger partial charge in [0.15, 0.2) is 0 Å². The number of hydrogen-bond donors (Lipinski definition) is 2. The van der Waals surface area contributed by atoms with Crippen LogP contribution < -0.4 is 10.6 Å². The number of rotatable bonds is 10. The topological polar surface area (TPSA) is 24.1 Å². The molecule has 4 rings (SSSR count). The first-order chi connectivity index (χ1) is 20.8. The number of hydrogen-bond acceptors (Lipinski definition) is 2. The normalized spacial score (nSPS) is 11.1. The minimum absolute atomic E-state index is 0.0572. The van der Waals surface area contributed by atoms with E-state index < -0.39 is 0 Å². The lowest BCUT2D eigenvalue weighted by molar-refractivity contribution is 0.501. The van der Waals surface area contributed by atoms with Gasteiger partial charge in [0.25, 0.3) is 0 Å². The highest BCUT2D eigenvalue weighted by Crippen LogP contribution is 2.32. The predicted molar refractivity (Wildman–Crippen MR) is 200 cm³/mol. The van der Waals surface area contributed by atoms with Gasteiger partial charge in [-0.25, -0.2) is 0 Å². The van der Waals surface area contributed by atoms with Crippen LogP contribution in [0, 0.1) is 0 Å². The Balaban J connectivity index is 0.00000162. The first kappa shape index (κ1) is 36.4. The molecule has 0 fully saturated rings. The van der Waals surface area contributed by atoms with Gasteiger partial charge in [0.05, 0.1) is 0 Å². The summed E-state index contributed by atoms with van der Waals surface area (Å²) in [6.07, 6.45) is 3.76. The van der Waals surface area contributed by atoms with Gasteiger partial charge in [0, 0.05) is 33.6 Å². The lowest BCUT2D eigenvalue weighted by Gasteiger charge is -2.26. The fourth-order valence-electron chi connectivity index (χ4n) is 5.54. The van der Waals surface area contributed by atoms with Gasteiger partial charge in [-0.1, -0.05) is 126 Å². The SMILES string of the molecule is C=C(CCc1ccc2ccccc2c1C(=C)NC(C)(C)C)CCc1ccc2ccccc2c1C(=C)NC(C)(C)C.CC.CC. The van der Waals surface area contributed by atoms with Crippen molar-refractivity contribution in [2.45, 2.75) is 106 Å². The van der Waals surface area contributed by atoms with Crippen LogP contribution in [0.25, 0.3) is 32.9 Å². The lowest BCUT2D eigenvalue weighted by Crippen LogP contribution is -2.34. The van der Waals surface area contributed by atoms with E-state index in [1.165, 1.54) is 49.4 Å². The molecule has 0 spiro atoms. The van der Waals surface area contributed by atoms with E-state index in [4.69, 9.17) is 0 Å². The summed E-state index contributed by atoms with van der Waals surface area (Å²) >= 11 is 0. The molecule has 236 valence electrons. The molecule has 0 saturated carbocycles. The molecular formula is C42H58N2. The van der Waals surface area contributed by atoms with E-state index in [1.54, 1.807) is 0 Å². The molecule has 0 bridgehead atoms. The van der Waals surface area contributed by atoms with Crippen molar-refractivity contribution in [3.05, 3.63) is 120 Å². The quantitative estimate of drug-likeness (QED) is 0.180. The Morgan fingerprint density at radius 2 is 0.864 bits per heavy atom. The van der Waals surface area contributed by atoms with Crippen LogP contribution >= 0.6 is 0 Å². The van der Waals surface area contributed by atoms with Crippen molar-refractivity contribution < 1.29 is 0 Å². The van der Waals surface area contributed by atoms with Gasteiger partial charge in [-0.05, 0) is 99.9 Å². The Hall–Kier alpha value is -3.78. The zero-order valence-electron chi connectivity index (χ0n) is 29.4. The van der Waals surface area contributed by atoms with Crippen molar-refractivity contribution in [1.29, 1.82) is 0 Å². The smallest absolute Gasteiger partial charge is 0.0353 e. The summed E-state index contributed by atoms with van der Waals surface area (Å²) in [7, 11) is 0. The van der Waals surface area contributed by atoms with E-state index in [9.17, 15) is 0 Å².